The Labute approximate surface area is 91.9 Å². The maximum Gasteiger partial charge on any atom is 0.143 e. The van der Waals surface area contributed by atoms with Crippen molar-refractivity contribution in [2.24, 2.45) is 0 Å². The molecule has 1 nitrogen and oxygen atoms in total. The van der Waals surface area contributed by atoms with E-state index in [-0.39, 0.29) is 10.8 Å². The number of halogens is 2. The van der Waals surface area contributed by atoms with Gasteiger partial charge in [0.1, 0.15) is 10.8 Å². The van der Waals surface area contributed by atoms with Crippen LogP contribution in [0.2, 0.25) is 10.0 Å². The third kappa shape index (κ3) is 1.43. The molecular formula is C11H8Cl2O. The van der Waals surface area contributed by atoms with Crippen molar-refractivity contribution in [2.45, 2.75) is 6.92 Å². The summed E-state index contributed by atoms with van der Waals surface area (Å²) >= 11 is 11.7. The first kappa shape index (κ1) is 9.63. The fraction of sp³-hybridized carbons (Fsp3) is 0.0909. The van der Waals surface area contributed by atoms with Crippen LogP contribution < -0.4 is 0 Å². The van der Waals surface area contributed by atoms with E-state index < -0.39 is 0 Å². The third-order valence-corrected chi connectivity index (χ3v) is 2.94. The number of phenolic OH excluding ortho intramolecular Hbond substituents is 1. The monoisotopic (exact) mass is 226 g/mol. The van der Waals surface area contributed by atoms with Crippen molar-refractivity contribution in [3.63, 3.8) is 0 Å². The van der Waals surface area contributed by atoms with Gasteiger partial charge in [-0.1, -0.05) is 47.0 Å². The summed E-state index contributed by atoms with van der Waals surface area (Å²) in [6, 6.07) is 7.47. The lowest BCUT2D eigenvalue weighted by Gasteiger charge is -2.05. The van der Waals surface area contributed by atoms with Crippen molar-refractivity contribution < 1.29 is 5.11 Å². The Morgan fingerprint density at radius 1 is 1.14 bits per heavy atom. The van der Waals surface area contributed by atoms with Crippen LogP contribution in [0.5, 0.6) is 5.75 Å². The highest BCUT2D eigenvalue weighted by atomic mass is 35.5. The second-order valence-corrected chi connectivity index (χ2v) is 4.03. The molecule has 0 saturated carbocycles. The van der Waals surface area contributed by atoms with E-state index >= 15 is 0 Å². The lowest BCUT2D eigenvalue weighted by Crippen LogP contribution is -1.79. The van der Waals surface area contributed by atoms with Crippen LogP contribution in [0.4, 0.5) is 0 Å². The molecule has 72 valence electrons. The average Bonchev–Trinajstić information content (AvgIpc) is 2.14. The molecule has 0 spiro atoms. The smallest absolute Gasteiger partial charge is 0.143 e. The lowest BCUT2D eigenvalue weighted by molar-refractivity contribution is 0.482. The zero-order chi connectivity index (χ0) is 10.3. The number of aromatic hydroxyl groups is 1. The SMILES string of the molecule is Cc1ccc2c(O)c(Cl)c(Cl)cc2c1. The Bertz CT molecular complexity index is 506. The van der Waals surface area contributed by atoms with Gasteiger partial charge in [0.15, 0.2) is 0 Å². The largest absolute Gasteiger partial charge is 0.506 e. The van der Waals surface area contributed by atoms with Gasteiger partial charge in [0.05, 0.1) is 5.02 Å². The summed E-state index contributed by atoms with van der Waals surface area (Å²) in [5, 5.41) is 11.9. The molecule has 0 heterocycles. The predicted molar refractivity (Wildman–Crippen MR) is 60.4 cm³/mol. The maximum absolute atomic E-state index is 9.71. The fourth-order valence-corrected chi connectivity index (χ4v) is 1.81. The molecule has 14 heavy (non-hydrogen) atoms. The minimum atomic E-state index is 0.0502. The molecule has 0 saturated heterocycles. The van der Waals surface area contributed by atoms with Gasteiger partial charge in [-0.15, -0.1) is 0 Å². The van der Waals surface area contributed by atoms with Gasteiger partial charge in [-0.05, 0) is 18.4 Å². The lowest BCUT2D eigenvalue weighted by atomic mass is 10.1. The van der Waals surface area contributed by atoms with Crippen LogP contribution in [0.3, 0.4) is 0 Å². The molecule has 0 amide bonds. The quantitative estimate of drug-likeness (QED) is 0.716. The standard InChI is InChI=1S/C11H8Cl2O/c1-6-2-3-8-7(4-6)5-9(12)10(13)11(8)14/h2-5,14H,1H3. The first-order chi connectivity index (χ1) is 6.59. The van der Waals surface area contributed by atoms with Gasteiger partial charge in [0, 0.05) is 5.39 Å². The van der Waals surface area contributed by atoms with Gasteiger partial charge in [0.25, 0.3) is 0 Å². The Morgan fingerprint density at radius 2 is 1.86 bits per heavy atom. The number of benzene rings is 2. The highest BCUT2D eigenvalue weighted by molar-refractivity contribution is 6.44. The Kier molecular flexibility index (Phi) is 2.30. The van der Waals surface area contributed by atoms with Crippen molar-refractivity contribution in [3.05, 3.63) is 39.9 Å². The Morgan fingerprint density at radius 3 is 2.57 bits per heavy atom. The highest BCUT2D eigenvalue weighted by Gasteiger charge is 2.08. The Balaban J connectivity index is 2.91. The first-order valence-corrected chi connectivity index (χ1v) is 4.92. The molecule has 2 rings (SSSR count). The Hall–Kier alpha value is -0.920. The average molecular weight is 227 g/mol. The summed E-state index contributed by atoms with van der Waals surface area (Å²) in [6.07, 6.45) is 0. The first-order valence-electron chi connectivity index (χ1n) is 4.17. The molecule has 0 unspecified atom stereocenters. The van der Waals surface area contributed by atoms with Gasteiger partial charge in [0.2, 0.25) is 0 Å². The molecule has 0 radical (unpaired) electrons. The number of rotatable bonds is 0. The molecule has 0 fully saturated rings. The van der Waals surface area contributed by atoms with Crippen molar-refractivity contribution in [2.75, 3.05) is 0 Å². The zero-order valence-electron chi connectivity index (χ0n) is 7.51. The molecule has 1 N–H and O–H groups in total. The van der Waals surface area contributed by atoms with E-state index in [1.807, 2.05) is 25.1 Å². The topological polar surface area (TPSA) is 20.2 Å². The van der Waals surface area contributed by atoms with Gasteiger partial charge >= 0.3 is 0 Å². The van der Waals surface area contributed by atoms with E-state index in [0.717, 1.165) is 16.3 Å². The van der Waals surface area contributed by atoms with E-state index in [1.165, 1.54) is 0 Å². The van der Waals surface area contributed by atoms with Crippen LogP contribution in [0.25, 0.3) is 10.8 Å². The molecule has 0 aromatic heterocycles. The predicted octanol–water partition coefficient (Wildman–Crippen LogP) is 4.16. The number of hydrogen-bond acceptors (Lipinski definition) is 1. The molecule has 0 bridgehead atoms. The molecule has 0 aliphatic carbocycles. The fourth-order valence-electron chi connectivity index (χ4n) is 1.45. The van der Waals surface area contributed by atoms with Crippen LogP contribution >= 0.6 is 23.2 Å². The highest BCUT2D eigenvalue weighted by Crippen LogP contribution is 2.38. The van der Waals surface area contributed by atoms with Crippen molar-refractivity contribution in [3.8, 4) is 5.75 Å². The van der Waals surface area contributed by atoms with Crippen LogP contribution in [0, 0.1) is 6.92 Å². The summed E-state index contributed by atoms with van der Waals surface area (Å²) in [5.41, 5.74) is 1.12. The normalized spacial score (nSPS) is 10.8. The summed E-state index contributed by atoms with van der Waals surface area (Å²) in [6.45, 7) is 1.99. The summed E-state index contributed by atoms with van der Waals surface area (Å²) in [4.78, 5) is 0. The molecule has 0 aliphatic heterocycles. The van der Waals surface area contributed by atoms with Crippen LogP contribution in [-0.4, -0.2) is 5.11 Å². The summed E-state index contributed by atoms with van der Waals surface area (Å²) in [7, 11) is 0. The zero-order valence-corrected chi connectivity index (χ0v) is 9.02. The van der Waals surface area contributed by atoms with Crippen LogP contribution in [0.1, 0.15) is 5.56 Å². The molecule has 0 atom stereocenters. The molecule has 0 aliphatic rings. The molecule has 3 heteroatoms. The van der Waals surface area contributed by atoms with E-state index in [2.05, 4.69) is 0 Å². The van der Waals surface area contributed by atoms with Crippen LogP contribution in [-0.2, 0) is 0 Å². The number of fused-ring (bicyclic) bond motifs is 1. The second-order valence-electron chi connectivity index (χ2n) is 3.25. The van der Waals surface area contributed by atoms with E-state index in [1.54, 1.807) is 6.07 Å². The van der Waals surface area contributed by atoms with Crippen molar-refractivity contribution in [1.29, 1.82) is 0 Å². The van der Waals surface area contributed by atoms with Gasteiger partial charge in [-0.2, -0.15) is 0 Å². The van der Waals surface area contributed by atoms with Crippen molar-refractivity contribution >= 4 is 34.0 Å². The minimum Gasteiger partial charge on any atom is -0.506 e. The third-order valence-electron chi connectivity index (χ3n) is 2.16. The summed E-state index contributed by atoms with van der Waals surface area (Å²) < 4.78 is 0. The van der Waals surface area contributed by atoms with Crippen LogP contribution in [0.15, 0.2) is 24.3 Å². The number of phenols is 1. The second kappa shape index (κ2) is 3.34. The number of aryl methyl sites for hydroxylation is 1. The maximum atomic E-state index is 9.71. The minimum absolute atomic E-state index is 0.0502. The van der Waals surface area contributed by atoms with E-state index in [0.29, 0.717) is 5.02 Å². The van der Waals surface area contributed by atoms with E-state index in [4.69, 9.17) is 23.2 Å². The van der Waals surface area contributed by atoms with Gasteiger partial charge in [-0.3, -0.25) is 0 Å². The van der Waals surface area contributed by atoms with Gasteiger partial charge in [-0.25, -0.2) is 0 Å². The number of hydrogen-bond donors (Lipinski definition) is 1. The van der Waals surface area contributed by atoms with Crippen molar-refractivity contribution in [1.82, 2.24) is 0 Å². The molecule has 2 aromatic rings. The summed E-state index contributed by atoms with van der Waals surface area (Å²) in [5.74, 6) is 0.0502. The van der Waals surface area contributed by atoms with E-state index in [9.17, 15) is 5.11 Å². The molecular weight excluding hydrogens is 219 g/mol. The van der Waals surface area contributed by atoms with Gasteiger partial charge < -0.3 is 5.11 Å². The molecule has 2 aromatic carbocycles.